The Morgan fingerprint density at radius 1 is 0.800 bits per heavy atom. The maximum Gasteiger partial charge on any atom is 0.0629 e. The molecule has 0 fully saturated rings. The second kappa shape index (κ2) is 8.66. The lowest BCUT2D eigenvalue weighted by molar-refractivity contribution is 0.745. The van der Waals surface area contributed by atoms with Crippen LogP contribution in [0.25, 0.3) is 44.5 Å². The molecule has 2 unspecified atom stereocenters. The number of para-hydroxylation sites is 2. The Morgan fingerprint density at radius 3 is 2.38 bits per heavy atom. The Balaban J connectivity index is 1.31. The van der Waals surface area contributed by atoms with Crippen LogP contribution in [0.1, 0.15) is 22.7 Å². The Hall–Kier alpha value is -5.20. The molecule has 3 nitrogen and oxygen atoms in total. The van der Waals surface area contributed by atoms with Crippen molar-refractivity contribution in [2.24, 2.45) is 0 Å². The van der Waals surface area contributed by atoms with Crippen molar-refractivity contribution in [2.75, 3.05) is 4.90 Å². The zero-order valence-electron chi connectivity index (χ0n) is 22.2. The van der Waals surface area contributed by atoms with Gasteiger partial charge in [0.2, 0.25) is 0 Å². The maximum atomic E-state index is 5.55. The van der Waals surface area contributed by atoms with E-state index in [0.29, 0.717) is 5.92 Å². The molecule has 1 aliphatic heterocycles. The average molecular weight is 514 g/mol. The van der Waals surface area contributed by atoms with Gasteiger partial charge < -0.3 is 14.5 Å². The van der Waals surface area contributed by atoms with E-state index < -0.39 is 0 Å². The fourth-order valence-electron chi connectivity index (χ4n) is 6.82. The number of rotatable bonds is 3. The normalized spacial score (nSPS) is 17.8. The number of hydrogen-bond acceptors (Lipinski definition) is 1. The van der Waals surface area contributed by atoms with E-state index in [-0.39, 0.29) is 6.04 Å². The molecule has 1 N–H and O–H groups in total. The molecule has 0 amide bonds. The van der Waals surface area contributed by atoms with Crippen molar-refractivity contribution in [1.82, 2.24) is 9.55 Å². The zero-order chi connectivity index (χ0) is 26.8. The van der Waals surface area contributed by atoms with Crippen LogP contribution >= 0.6 is 0 Å². The fraction of sp³-hybridized carbons (Fsp3) is 0.0811. The van der Waals surface area contributed by atoms with Crippen LogP contribution in [0.4, 0.5) is 11.4 Å². The number of aromatic amines is 1. The number of benzene rings is 4. The molecule has 6 aromatic rings. The van der Waals surface area contributed by atoms with E-state index in [1.165, 1.54) is 44.3 Å². The Bertz CT molecular complexity index is 2110. The zero-order valence-corrected chi connectivity index (χ0v) is 22.2. The largest absolute Gasteiger partial charge is 0.355 e. The summed E-state index contributed by atoms with van der Waals surface area (Å²) in [6.07, 6.45) is 18.4. The van der Waals surface area contributed by atoms with Gasteiger partial charge in [-0.25, -0.2) is 0 Å². The van der Waals surface area contributed by atoms with Gasteiger partial charge >= 0.3 is 0 Å². The number of hydrogen-bond donors (Lipinski definition) is 1. The Kier molecular flexibility index (Phi) is 4.93. The summed E-state index contributed by atoms with van der Waals surface area (Å²) in [4.78, 5) is 6.14. The van der Waals surface area contributed by atoms with E-state index in [4.69, 9.17) is 6.42 Å². The molecule has 1 aliphatic carbocycles. The maximum absolute atomic E-state index is 5.55. The number of nitrogens with one attached hydrogen (secondary N) is 1. The predicted molar refractivity (Wildman–Crippen MR) is 169 cm³/mol. The summed E-state index contributed by atoms with van der Waals surface area (Å²) >= 11 is 0. The van der Waals surface area contributed by atoms with Crippen molar-refractivity contribution in [1.29, 1.82) is 0 Å². The highest BCUT2D eigenvalue weighted by Gasteiger charge is 2.37. The van der Waals surface area contributed by atoms with Gasteiger partial charge in [0.15, 0.2) is 0 Å². The monoisotopic (exact) mass is 513 g/mol. The third-order valence-corrected chi connectivity index (χ3v) is 8.57. The van der Waals surface area contributed by atoms with Crippen molar-refractivity contribution >= 4 is 50.2 Å². The molecule has 8 rings (SSSR count). The summed E-state index contributed by atoms with van der Waals surface area (Å²) < 4.78 is 2.34. The van der Waals surface area contributed by atoms with Crippen LogP contribution in [0.2, 0.25) is 0 Å². The minimum absolute atomic E-state index is 0.281. The Labute approximate surface area is 233 Å². The number of fused-ring (bicyclic) bond motifs is 7. The second-order valence-electron chi connectivity index (χ2n) is 10.7. The molecule has 2 aromatic heterocycles. The van der Waals surface area contributed by atoms with Crippen molar-refractivity contribution in [3.8, 4) is 18.0 Å². The second-order valence-corrected chi connectivity index (χ2v) is 10.7. The van der Waals surface area contributed by atoms with Gasteiger partial charge in [-0.15, -0.1) is 6.42 Å². The van der Waals surface area contributed by atoms with E-state index in [1.807, 2.05) is 6.08 Å². The van der Waals surface area contributed by atoms with Crippen LogP contribution in [0.15, 0.2) is 115 Å². The van der Waals surface area contributed by atoms with Gasteiger partial charge in [0, 0.05) is 61.4 Å². The van der Waals surface area contributed by atoms with Gasteiger partial charge in [-0.05, 0) is 73.2 Å². The van der Waals surface area contributed by atoms with Crippen LogP contribution in [0, 0.1) is 19.3 Å². The van der Waals surface area contributed by atoms with E-state index in [0.717, 1.165) is 22.3 Å². The molecule has 40 heavy (non-hydrogen) atoms. The minimum atomic E-state index is 0.281. The van der Waals surface area contributed by atoms with Crippen molar-refractivity contribution in [3.05, 3.63) is 132 Å². The number of nitrogens with zero attached hydrogens (tertiary/aromatic N) is 2. The molecule has 2 aliphatic rings. The van der Waals surface area contributed by atoms with Crippen LogP contribution in [-0.4, -0.2) is 15.6 Å². The highest BCUT2D eigenvalue weighted by Crippen LogP contribution is 2.48. The number of H-pyrrole nitrogens is 1. The highest BCUT2D eigenvalue weighted by molar-refractivity contribution is 6.09. The van der Waals surface area contributed by atoms with Gasteiger partial charge in [0.05, 0.1) is 11.6 Å². The predicted octanol–water partition coefficient (Wildman–Crippen LogP) is 8.95. The molecule has 0 radical (unpaired) electrons. The average Bonchev–Trinajstić information content (AvgIpc) is 3.62. The first-order chi connectivity index (χ1) is 19.7. The van der Waals surface area contributed by atoms with Gasteiger partial charge in [-0.1, -0.05) is 66.6 Å². The van der Waals surface area contributed by atoms with Crippen molar-refractivity contribution in [2.45, 2.75) is 18.9 Å². The van der Waals surface area contributed by atoms with Gasteiger partial charge in [-0.3, -0.25) is 0 Å². The highest BCUT2D eigenvalue weighted by atomic mass is 15.2. The SMILES string of the molecule is C#C/C=C\c1c(C)n(-c2ccc3[nH]c4ccc(N5c6ccccc6C6C=CC=CC65)cc4c3c2)c2ccccc12. The van der Waals surface area contributed by atoms with E-state index in [2.05, 4.69) is 137 Å². The first-order valence-electron chi connectivity index (χ1n) is 13.7. The van der Waals surface area contributed by atoms with Crippen molar-refractivity contribution < 1.29 is 0 Å². The quantitative estimate of drug-likeness (QED) is 0.235. The molecule has 3 heterocycles. The van der Waals surface area contributed by atoms with E-state index in [9.17, 15) is 0 Å². The Morgan fingerprint density at radius 2 is 1.52 bits per heavy atom. The first-order valence-corrected chi connectivity index (χ1v) is 13.7. The van der Waals surface area contributed by atoms with Crippen LogP contribution < -0.4 is 4.90 Å². The summed E-state index contributed by atoms with van der Waals surface area (Å²) in [5.74, 6) is 3.01. The minimum Gasteiger partial charge on any atom is -0.355 e. The molecular formula is C37H27N3. The van der Waals surface area contributed by atoms with Crippen LogP contribution in [-0.2, 0) is 0 Å². The molecule has 0 saturated carbocycles. The van der Waals surface area contributed by atoms with Crippen molar-refractivity contribution in [3.63, 3.8) is 0 Å². The van der Waals surface area contributed by atoms with Gasteiger partial charge in [0.25, 0.3) is 0 Å². The van der Waals surface area contributed by atoms with E-state index in [1.54, 1.807) is 6.08 Å². The third-order valence-electron chi connectivity index (χ3n) is 8.57. The molecule has 3 heteroatoms. The molecule has 0 bridgehead atoms. The number of anilines is 2. The van der Waals surface area contributed by atoms with Crippen LogP contribution in [0.5, 0.6) is 0 Å². The van der Waals surface area contributed by atoms with Crippen LogP contribution in [0.3, 0.4) is 0 Å². The number of aromatic nitrogens is 2. The van der Waals surface area contributed by atoms with Gasteiger partial charge in [-0.2, -0.15) is 0 Å². The number of terminal acetylenes is 1. The lowest BCUT2D eigenvalue weighted by Crippen LogP contribution is -2.28. The molecule has 4 aromatic carbocycles. The number of allylic oxidation sites excluding steroid dienone is 3. The summed E-state index contributed by atoms with van der Waals surface area (Å²) in [7, 11) is 0. The standard InChI is InChI=1S/C37H27N3/c1-3-4-11-27-24(2)39(35-15-8-5-12-28(27)35)25-18-20-33-31(22-25)32-23-26(19-21-34(32)38-33)40-36-16-9-6-13-29(36)30-14-7-10-17-37(30)40/h1,4-23,29,36,38H,2H3/b11-4-. The summed E-state index contributed by atoms with van der Waals surface area (Å²) in [5.41, 5.74) is 10.8. The fourth-order valence-corrected chi connectivity index (χ4v) is 6.82. The molecule has 0 saturated heterocycles. The molecule has 0 spiro atoms. The lowest BCUT2D eigenvalue weighted by atomic mass is 9.91. The summed E-state index contributed by atoms with van der Waals surface area (Å²) in [6, 6.07) is 31.2. The topological polar surface area (TPSA) is 24.0 Å². The summed E-state index contributed by atoms with van der Waals surface area (Å²) in [5, 5.41) is 3.65. The molecule has 2 atom stereocenters. The first kappa shape index (κ1) is 22.8. The molecule has 190 valence electrons. The van der Waals surface area contributed by atoms with Gasteiger partial charge in [0.1, 0.15) is 0 Å². The third kappa shape index (κ3) is 3.20. The smallest absolute Gasteiger partial charge is 0.0629 e. The molecular weight excluding hydrogens is 486 g/mol. The summed E-state index contributed by atoms with van der Waals surface area (Å²) in [6.45, 7) is 2.17. The van der Waals surface area contributed by atoms with E-state index >= 15 is 0 Å². The lowest BCUT2D eigenvalue weighted by Gasteiger charge is -2.28.